The summed E-state index contributed by atoms with van der Waals surface area (Å²) in [5.41, 5.74) is 1.15. The number of para-hydroxylation sites is 1. The third kappa shape index (κ3) is 3.70. The molecule has 1 amide bonds. The maximum atomic E-state index is 12.3. The lowest BCUT2D eigenvalue weighted by molar-refractivity contribution is 0.0936. The first-order valence-corrected chi connectivity index (χ1v) is 9.39. The summed E-state index contributed by atoms with van der Waals surface area (Å²) in [6, 6.07) is 10.9. The van der Waals surface area contributed by atoms with Crippen LogP contribution in [0.3, 0.4) is 0 Å². The number of nitrogens with one attached hydrogen (secondary N) is 1. The molecule has 0 saturated carbocycles. The van der Waals surface area contributed by atoms with Crippen molar-refractivity contribution in [1.82, 2.24) is 15.3 Å². The van der Waals surface area contributed by atoms with Gasteiger partial charge in [0, 0.05) is 24.8 Å². The summed E-state index contributed by atoms with van der Waals surface area (Å²) < 4.78 is 23.0. The lowest BCUT2D eigenvalue weighted by Gasteiger charge is -2.18. The van der Waals surface area contributed by atoms with Crippen LogP contribution in [-0.4, -0.2) is 48.9 Å². The van der Waals surface area contributed by atoms with Crippen molar-refractivity contribution in [3.63, 3.8) is 0 Å². The van der Waals surface area contributed by atoms with E-state index < -0.39 is 9.84 Å². The summed E-state index contributed by atoms with van der Waals surface area (Å²) in [4.78, 5) is 22.3. The Bertz CT molecular complexity index is 839. The van der Waals surface area contributed by atoms with Crippen LogP contribution < -0.4 is 10.2 Å². The molecule has 1 aliphatic heterocycles. The third-order valence-electron chi connectivity index (χ3n) is 3.94. The number of carbonyl (C=O) groups excluding carboxylic acids is 1. The van der Waals surface area contributed by atoms with Gasteiger partial charge in [-0.1, -0.05) is 18.2 Å². The molecular weight excluding hydrogens is 328 g/mol. The van der Waals surface area contributed by atoms with Gasteiger partial charge in [0.1, 0.15) is 17.8 Å². The smallest absolute Gasteiger partial charge is 0.270 e. The molecular formula is C16H18N4O3S. The Labute approximate surface area is 140 Å². The summed E-state index contributed by atoms with van der Waals surface area (Å²) in [7, 11) is -1.19. The van der Waals surface area contributed by atoms with Crippen molar-refractivity contribution in [2.75, 3.05) is 23.5 Å². The zero-order chi connectivity index (χ0) is 17.2. The Morgan fingerprint density at radius 2 is 2.00 bits per heavy atom. The molecule has 1 aliphatic rings. The predicted octanol–water partition coefficient (Wildman–Crippen LogP) is 1.16. The van der Waals surface area contributed by atoms with E-state index in [1.54, 1.807) is 6.07 Å². The van der Waals surface area contributed by atoms with Crippen LogP contribution >= 0.6 is 0 Å². The molecule has 24 heavy (non-hydrogen) atoms. The fourth-order valence-corrected chi connectivity index (χ4v) is 4.28. The molecule has 3 rings (SSSR count). The quantitative estimate of drug-likeness (QED) is 0.893. The molecule has 0 bridgehead atoms. The lowest BCUT2D eigenvalue weighted by Crippen LogP contribution is -2.36. The van der Waals surface area contributed by atoms with Gasteiger partial charge in [-0.2, -0.15) is 0 Å². The highest BCUT2D eigenvalue weighted by molar-refractivity contribution is 7.91. The number of anilines is 2. The van der Waals surface area contributed by atoms with E-state index in [0.29, 0.717) is 12.2 Å². The molecule has 2 aromatic rings. The molecule has 1 aromatic carbocycles. The van der Waals surface area contributed by atoms with Gasteiger partial charge < -0.3 is 10.2 Å². The average molecular weight is 346 g/mol. The number of benzene rings is 1. The van der Waals surface area contributed by atoms with Crippen molar-refractivity contribution in [2.45, 2.75) is 12.5 Å². The van der Waals surface area contributed by atoms with Crippen molar-refractivity contribution >= 4 is 27.2 Å². The first-order chi connectivity index (χ1) is 11.4. The number of amides is 1. The van der Waals surface area contributed by atoms with Crippen LogP contribution in [0.5, 0.6) is 0 Å². The van der Waals surface area contributed by atoms with Crippen molar-refractivity contribution in [3.8, 4) is 0 Å². The van der Waals surface area contributed by atoms with Gasteiger partial charge in [0.15, 0.2) is 9.84 Å². The van der Waals surface area contributed by atoms with Crippen LogP contribution in [0.2, 0.25) is 0 Å². The van der Waals surface area contributed by atoms with Gasteiger partial charge in [-0.15, -0.1) is 0 Å². The number of sulfone groups is 1. The molecule has 1 saturated heterocycles. The van der Waals surface area contributed by atoms with Crippen molar-refractivity contribution in [1.29, 1.82) is 0 Å². The molecule has 0 radical (unpaired) electrons. The first kappa shape index (κ1) is 16.4. The highest BCUT2D eigenvalue weighted by atomic mass is 32.2. The molecule has 8 heteroatoms. The second-order valence-electron chi connectivity index (χ2n) is 5.73. The van der Waals surface area contributed by atoms with Crippen LogP contribution in [0.1, 0.15) is 16.9 Å². The molecule has 7 nitrogen and oxygen atoms in total. The summed E-state index contributed by atoms with van der Waals surface area (Å²) >= 11 is 0. The second-order valence-corrected chi connectivity index (χ2v) is 7.96. The van der Waals surface area contributed by atoms with E-state index in [2.05, 4.69) is 15.3 Å². The summed E-state index contributed by atoms with van der Waals surface area (Å²) in [6.45, 7) is 0. The SMILES string of the molecule is CN(c1ccccc1)c1cc(C(=O)NC2CCS(=O)(=O)C2)ncn1. The average Bonchev–Trinajstić information content (AvgIpc) is 2.93. The van der Waals surface area contributed by atoms with E-state index in [4.69, 9.17) is 0 Å². The molecule has 2 heterocycles. The van der Waals surface area contributed by atoms with Crippen LogP contribution in [0.25, 0.3) is 0 Å². The van der Waals surface area contributed by atoms with Crippen LogP contribution in [0.15, 0.2) is 42.7 Å². The normalized spacial score (nSPS) is 19.0. The highest BCUT2D eigenvalue weighted by Gasteiger charge is 2.29. The molecule has 126 valence electrons. The van der Waals surface area contributed by atoms with Gasteiger partial charge in [-0.3, -0.25) is 4.79 Å². The first-order valence-electron chi connectivity index (χ1n) is 7.57. The van der Waals surface area contributed by atoms with Gasteiger partial charge in [0.2, 0.25) is 0 Å². The molecule has 1 aromatic heterocycles. The Morgan fingerprint density at radius 1 is 1.25 bits per heavy atom. The Hall–Kier alpha value is -2.48. The van der Waals surface area contributed by atoms with Gasteiger partial charge in [0.05, 0.1) is 11.5 Å². The Balaban J connectivity index is 1.74. The molecule has 1 fully saturated rings. The summed E-state index contributed by atoms with van der Waals surface area (Å²) in [5.74, 6) is 0.298. The minimum absolute atomic E-state index is 0.0133. The number of hydrogen-bond acceptors (Lipinski definition) is 6. The van der Waals surface area contributed by atoms with Crippen molar-refractivity contribution in [2.24, 2.45) is 0 Å². The molecule has 0 spiro atoms. The largest absolute Gasteiger partial charge is 0.347 e. The van der Waals surface area contributed by atoms with Crippen LogP contribution in [-0.2, 0) is 9.84 Å². The molecule has 1 atom stereocenters. The number of carbonyl (C=O) groups is 1. The van der Waals surface area contributed by atoms with E-state index >= 15 is 0 Å². The number of nitrogens with zero attached hydrogens (tertiary/aromatic N) is 3. The zero-order valence-electron chi connectivity index (χ0n) is 13.2. The number of rotatable bonds is 4. The Morgan fingerprint density at radius 3 is 2.67 bits per heavy atom. The van der Waals surface area contributed by atoms with E-state index in [-0.39, 0.29) is 29.1 Å². The lowest BCUT2D eigenvalue weighted by atomic mass is 10.2. The predicted molar refractivity (Wildman–Crippen MR) is 91.1 cm³/mol. The molecule has 1 unspecified atom stereocenters. The fourth-order valence-electron chi connectivity index (χ4n) is 2.61. The van der Waals surface area contributed by atoms with E-state index in [1.807, 2.05) is 42.3 Å². The summed E-state index contributed by atoms with van der Waals surface area (Å²) in [5, 5.41) is 2.73. The Kier molecular flexibility index (Phi) is 4.48. The van der Waals surface area contributed by atoms with Gasteiger partial charge >= 0.3 is 0 Å². The molecule has 0 aliphatic carbocycles. The van der Waals surface area contributed by atoms with Crippen LogP contribution in [0.4, 0.5) is 11.5 Å². The zero-order valence-corrected chi connectivity index (χ0v) is 14.0. The minimum atomic E-state index is -3.04. The van der Waals surface area contributed by atoms with E-state index in [1.165, 1.54) is 6.33 Å². The third-order valence-corrected chi connectivity index (χ3v) is 5.71. The second kappa shape index (κ2) is 6.56. The van der Waals surface area contributed by atoms with Crippen molar-refractivity contribution < 1.29 is 13.2 Å². The van der Waals surface area contributed by atoms with Gasteiger partial charge in [0.25, 0.3) is 5.91 Å². The van der Waals surface area contributed by atoms with Gasteiger partial charge in [-0.05, 0) is 18.6 Å². The standard InChI is InChI=1S/C16H18N4O3S/c1-20(13-5-3-2-4-6-13)15-9-14(17-11-18-15)16(21)19-12-7-8-24(22,23)10-12/h2-6,9,11-12H,7-8,10H2,1H3,(H,19,21). The van der Waals surface area contributed by atoms with E-state index in [0.717, 1.165) is 5.69 Å². The maximum absolute atomic E-state index is 12.3. The highest BCUT2D eigenvalue weighted by Crippen LogP contribution is 2.21. The fraction of sp³-hybridized carbons (Fsp3) is 0.312. The van der Waals surface area contributed by atoms with Gasteiger partial charge in [-0.25, -0.2) is 18.4 Å². The van der Waals surface area contributed by atoms with E-state index in [9.17, 15) is 13.2 Å². The summed E-state index contributed by atoms with van der Waals surface area (Å²) in [6.07, 6.45) is 1.77. The minimum Gasteiger partial charge on any atom is -0.347 e. The van der Waals surface area contributed by atoms with Crippen molar-refractivity contribution in [3.05, 3.63) is 48.4 Å². The number of hydrogen-bond donors (Lipinski definition) is 1. The monoisotopic (exact) mass is 346 g/mol. The maximum Gasteiger partial charge on any atom is 0.270 e. The number of aromatic nitrogens is 2. The molecule has 1 N–H and O–H groups in total. The topological polar surface area (TPSA) is 92.3 Å². The van der Waals surface area contributed by atoms with Crippen LogP contribution in [0, 0.1) is 0 Å².